The van der Waals surface area contributed by atoms with E-state index < -0.39 is 6.69 Å². The lowest BCUT2D eigenvalue weighted by Gasteiger charge is -2.09. The van der Waals surface area contributed by atoms with Gasteiger partial charge in [-0.3, -0.25) is 0 Å². The Kier molecular flexibility index (Phi) is 34.9. The molecule has 0 aromatic carbocycles. The van der Waals surface area contributed by atoms with Crippen LogP contribution in [0.3, 0.4) is 0 Å². The molecule has 0 amide bonds. The standard InChI is InChI=1S/C36H75Cl2NSi/c1-40(37,38)36-34-32-30-28-26-24-22-20-18-16-14-12-10-8-6-4-2-3-5-7-9-11-13-15-17-19-21-23-25-27-29-31-33-35-39/h2-36,39H2,1H3. The molecule has 4 heteroatoms. The first-order valence-electron chi connectivity index (χ1n) is 18.6. The van der Waals surface area contributed by atoms with Crippen molar-refractivity contribution in [2.75, 3.05) is 6.54 Å². The molecular formula is C36H75Cl2NSi. The Morgan fingerprint density at radius 2 is 0.450 bits per heavy atom. The molecule has 0 saturated heterocycles. The van der Waals surface area contributed by atoms with Gasteiger partial charge in [0, 0.05) is 0 Å². The second-order valence-electron chi connectivity index (χ2n) is 13.3. The van der Waals surface area contributed by atoms with Gasteiger partial charge >= 0.3 is 0 Å². The molecule has 0 unspecified atom stereocenters. The molecule has 0 aromatic heterocycles. The molecule has 0 aliphatic heterocycles. The lowest BCUT2D eigenvalue weighted by Crippen LogP contribution is -2.11. The lowest BCUT2D eigenvalue weighted by atomic mass is 10.0. The van der Waals surface area contributed by atoms with Gasteiger partial charge in [0.25, 0.3) is 0 Å². The molecule has 0 aromatic rings. The fourth-order valence-electron chi connectivity index (χ4n) is 6.06. The molecule has 0 aliphatic rings. The first-order chi connectivity index (χ1) is 19.6. The van der Waals surface area contributed by atoms with E-state index in [9.17, 15) is 0 Å². The largest absolute Gasteiger partial charge is 0.330 e. The Hall–Kier alpha value is 0.757. The minimum Gasteiger partial charge on any atom is -0.330 e. The van der Waals surface area contributed by atoms with Gasteiger partial charge in [-0.2, -0.15) is 0 Å². The second kappa shape index (κ2) is 34.2. The van der Waals surface area contributed by atoms with Crippen molar-refractivity contribution in [2.24, 2.45) is 5.73 Å². The summed E-state index contributed by atoms with van der Waals surface area (Å²) in [4.78, 5) is 0. The van der Waals surface area contributed by atoms with E-state index in [1.165, 1.54) is 212 Å². The zero-order chi connectivity index (χ0) is 29.2. The summed E-state index contributed by atoms with van der Waals surface area (Å²) in [7, 11) is 0. The molecule has 1 nitrogen and oxygen atoms in total. The predicted molar refractivity (Wildman–Crippen MR) is 190 cm³/mol. The Bertz CT molecular complexity index is 455. The smallest absolute Gasteiger partial charge is 0.248 e. The predicted octanol–water partition coefficient (Wildman–Crippen LogP) is 14.4. The maximum absolute atomic E-state index is 6.16. The molecule has 0 heterocycles. The number of hydrogen-bond donors (Lipinski definition) is 1. The first-order valence-corrected chi connectivity index (χ1v) is 23.4. The summed E-state index contributed by atoms with van der Waals surface area (Å²) in [5.74, 6) is 0. The summed E-state index contributed by atoms with van der Waals surface area (Å²) in [6.07, 6.45) is 47.4. The topological polar surface area (TPSA) is 26.0 Å². The Labute approximate surface area is 264 Å². The first kappa shape index (κ1) is 40.8. The molecule has 0 bridgehead atoms. The van der Waals surface area contributed by atoms with Crippen LogP contribution in [0.15, 0.2) is 0 Å². The van der Waals surface area contributed by atoms with Crippen LogP contribution < -0.4 is 5.73 Å². The van der Waals surface area contributed by atoms with E-state index >= 15 is 0 Å². The minimum atomic E-state index is -1.84. The monoisotopic (exact) mass is 620 g/mol. The highest BCUT2D eigenvalue weighted by Gasteiger charge is 2.19. The van der Waals surface area contributed by atoms with E-state index in [2.05, 4.69) is 0 Å². The maximum Gasteiger partial charge on any atom is 0.248 e. The maximum atomic E-state index is 6.16. The van der Waals surface area contributed by atoms with Crippen molar-refractivity contribution >= 4 is 28.9 Å². The van der Waals surface area contributed by atoms with Crippen LogP contribution in [-0.2, 0) is 0 Å². The zero-order valence-electron chi connectivity index (χ0n) is 27.6. The summed E-state index contributed by atoms with van der Waals surface area (Å²) in [6, 6.07) is 1.06. The number of unbranched alkanes of at least 4 members (excludes halogenated alkanes) is 32. The molecule has 2 N–H and O–H groups in total. The van der Waals surface area contributed by atoms with Crippen LogP contribution in [0.1, 0.15) is 212 Å². The van der Waals surface area contributed by atoms with E-state index in [4.69, 9.17) is 27.9 Å². The molecule has 0 radical (unpaired) electrons. The van der Waals surface area contributed by atoms with Crippen LogP contribution in [0, 0.1) is 0 Å². The van der Waals surface area contributed by atoms with Crippen molar-refractivity contribution in [3.05, 3.63) is 0 Å². The summed E-state index contributed by atoms with van der Waals surface area (Å²) < 4.78 is 0. The van der Waals surface area contributed by atoms with Gasteiger partial charge in [-0.15, -0.1) is 22.2 Å². The van der Waals surface area contributed by atoms with Crippen LogP contribution in [-0.4, -0.2) is 13.2 Å². The van der Waals surface area contributed by atoms with E-state index in [0.717, 1.165) is 12.6 Å². The molecule has 40 heavy (non-hydrogen) atoms. The lowest BCUT2D eigenvalue weighted by molar-refractivity contribution is 0.511. The Morgan fingerprint density at radius 1 is 0.300 bits per heavy atom. The third-order valence-electron chi connectivity index (χ3n) is 8.82. The average molecular weight is 621 g/mol. The summed E-state index contributed by atoms with van der Waals surface area (Å²) >= 11 is 12.3. The quantitative estimate of drug-likeness (QED) is 0.0426. The van der Waals surface area contributed by atoms with Gasteiger partial charge in [-0.25, -0.2) is 0 Å². The van der Waals surface area contributed by atoms with E-state index in [-0.39, 0.29) is 0 Å². The van der Waals surface area contributed by atoms with Gasteiger partial charge in [0.05, 0.1) is 0 Å². The number of halogens is 2. The third kappa shape index (κ3) is 38.8. The fraction of sp³-hybridized carbons (Fsp3) is 1.00. The van der Waals surface area contributed by atoms with Gasteiger partial charge in [0.1, 0.15) is 0 Å². The minimum absolute atomic E-state index is 0.871. The van der Waals surface area contributed by atoms with E-state index in [1.54, 1.807) is 0 Å². The molecule has 0 fully saturated rings. The van der Waals surface area contributed by atoms with Crippen LogP contribution in [0.5, 0.6) is 0 Å². The van der Waals surface area contributed by atoms with Crippen molar-refractivity contribution < 1.29 is 0 Å². The van der Waals surface area contributed by atoms with Crippen LogP contribution in [0.25, 0.3) is 0 Å². The molecule has 0 saturated carbocycles. The number of hydrogen-bond acceptors (Lipinski definition) is 1. The highest BCUT2D eigenvalue weighted by molar-refractivity contribution is 7.44. The SMILES string of the molecule is C[Si](Cl)(Cl)CCCCCCCCCCCCCCCCCCCCCCCCCCCCCCCCCCCN. The van der Waals surface area contributed by atoms with Crippen LogP contribution in [0.2, 0.25) is 12.6 Å². The third-order valence-corrected chi connectivity index (χ3v) is 11.2. The number of rotatable bonds is 35. The Morgan fingerprint density at radius 3 is 0.600 bits per heavy atom. The highest BCUT2D eigenvalue weighted by atomic mass is 35.7. The van der Waals surface area contributed by atoms with E-state index in [0.29, 0.717) is 0 Å². The Balaban J connectivity index is 3.04. The highest BCUT2D eigenvalue weighted by Crippen LogP contribution is 2.23. The second-order valence-corrected chi connectivity index (χ2v) is 21.5. The van der Waals surface area contributed by atoms with Gasteiger partial charge < -0.3 is 5.73 Å². The van der Waals surface area contributed by atoms with Crippen LogP contribution in [0.4, 0.5) is 0 Å². The van der Waals surface area contributed by atoms with Gasteiger partial charge in [-0.1, -0.05) is 205 Å². The normalized spacial score (nSPS) is 12.0. The van der Waals surface area contributed by atoms with Crippen molar-refractivity contribution in [1.82, 2.24) is 0 Å². The molecule has 242 valence electrons. The molecule has 0 spiro atoms. The van der Waals surface area contributed by atoms with Crippen molar-refractivity contribution in [3.63, 3.8) is 0 Å². The van der Waals surface area contributed by atoms with E-state index in [1.807, 2.05) is 6.55 Å². The van der Waals surface area contributed by atoms with Crippen molar-refractivity contribution in [1.29, 1.82) is 0 Å². The van der Waals surface area contributed by atoms with Gasteiger partial charge in [0.2, 0.25) is 6.69 Å². The summed E-state index contributed by atoms with van der Waals surface area (Å²) in [6.45, 7) is 1.07. The van der Waals surface area contributed by atoms with Crippen LogP contribution >= 0.6 is 22.2 Å². The fourth-order valence-corrected chi connectivity index (χ4v) is 7.73. The summed E-state index contributed by atoms with van der Waals surface area (Å²) in [5, 5.41) is 0. The molecular weight excluding hydrogens is 545 g/mol. The van der Waals surface area contributed by atoms with Gasteiger partial charge in [-0.05, 0) is 25.6 Å². The molecule has 0 rings (SSSR count). The van der Waals surface area contributed by atoms with Gasteiger partial charge in [0.15, 0.2) is 0 Å². The van der Waals surface area contributed by atoms with Crippen molar-refractivity contribution in [3.8, 4) is 0 Å². The molecule has 0 aliphatic carbocycles. The zero-order valence-corrected chi connectivity index (χ0v) is 30.1. The molecule has 0 atom stereocenters. The average Bonchev–Trinajstić information content (AvgIpc) is 2.92. The number of nitrogens with two attached hydrogens (primary N) is 1. The summed E-state index contributed by atoms with van der Waals surface area (Å²) in [5.41, 5.74) is 5.55. The van der Waals surface area contributed by atoms with Crippen molar-refractivity contribution in [2.45, 2.75) is 224 Å².